The molecule has 2 aromatic heterocycles. The third-order valence-electron chi connectivity index (χ3n) is 2.91. The van der Waals surface area contributed by atoms with Crippen LogP contribution in [-0.4, -0.2) is 27.9 Å². The van der Waals surface area contributed by atoms with Crippen LogP contribution in [0.25, 0.3) is 0 Å². The number of nitrogens with one attached hydrogen (secondary N) is 1. The quantitative estimate of drug-likeness (QED) is 0.866. The first kappa shape index (κ1) is 12.3. The van der Waals surface area contributed by atoms with E-state index < -0.39 is 0 Å². The average molecular weight is 268 g/mol. The molecule has 1 atom stereocenters. The van der Waals surface area contributed by atoms with Gasteiger partial charge in [0.05, 0.1) is 0 Å². The molecule has 0 fully saturated rings. The number of H-pyrrole nitrogens is 1. The minimum atomic E-state index is 0.387. The van der Waals surface area contributed by atoms with Crippen molar-refractivity contribution in [3.05, 3.63) is 27.2 Å². The Morgan fingerprint density at radius 2 is 2.41 bits per heavy atom. The second-order valence-corrected chi connectivity index (χ2v) is 5.55. The van der Waals surface area contributed by atoms with E-state index in [1.54, 1.807) is 11.3 Å². The lowest BCUT2D eigenvalue weighted by atomic mass is 10.2. The zero-order valence-electron chi connectivity index (χ0n) is 10.2. The first-order valence-electron chi connectivity index (χ1n) is 5.46. The second-order valence-electron chi connectivity index (χ2n) is 4.13. The van der Waals surface area contributed by atoms with Gasteiger partial charge in [0.15, 0.2) is 4.77 Å². The van der Waals surface area contributed by atoms with Crippen LogP contribution in [0.15, 0.2) is 17.5 Å². The summed E-state index contributed by atoms with van der Waals surface area (Å²) >= 11 is 6.91. The molecule has 0 bridgehead atoms. The van der Waals surface area contributed by atoms with Crippen LogP contribution in [0.4, 0.5) is 5.95 Å². The molecule has 2 aromatic rings. The number of rotatable bonds is 4. The average Bonchev–Trinajstić information content (AvgIpc) is 2.90. The predicted octanol–water partition coefficient (Wildman–Crippen LogP) is 2.61. The first-order chi connectivity index (χ1) is 8.09. The van der Waals surface area contributed by atoms with Crippen molar-refractivity contribution in [1.82, 2.24) is 14.8 Å². The van der Waals surface area contributed by atoms with Crippen molar-refractivity contribution in [2.24, 2.45) is 7.05 Å². The van der Waals surface area contributed by atoms with E-state index >= 15 is 0 Å². The van der Waals surface area contributed by atoms with Gasteiger partial charge in [-0.15, -0.1) is 16.4 Å². The molecule has 0 saturated carbocycles. The summed E-state index contributed by atoms with van der Waals surface area (Å²) in [7, 11) is 3.97. The molecular weight excluding hydrogens is 252 g/mol. The summed E-state index contributed by atoms with van der Waals surface area (Å²) in [4.78, 5) is 3.53. The standard InChI is InChI=1S/C11H16N4S2/c1-8(7-9-5-4-6-17-9)14(2)10-12-13-11(16)15(10)3/h4-6,8H,7H2,1-3H3,(H,13,16). The predicted molar refractivity (Wildman–Crippen MR) is 74.3 cm³/mol. The van der Waals surface area contributed by atoms with E-state index in [2.05, 4.69) is 39.5 Å². The first-order valence-corrected chi connectivity index (χ1v) is 6.75. The highest BCUT2D eigenvalue weighted by atomic mass is 32.1. The monoisotopic (exact) mass is 268 g/mol. The van der Waals surface area contributed by atoms with E-state index in [1.165, 1.54) is 4.88 Å². The number of thiophene rings is 1. The Kier molecular flexibility index (Phi) is 3.63. The lowest BCUT2D eigenvalue weighted by Gasteiger charge is -2.24. The van der Waals surface area contributed by atoms with E-state index in [-0.39, 0.29) is 0 Å². The Bertz CT molecular complexity index is 526. The molecule has 0 radical (unpaired) electrons. The maximum absolute atomic E-state index is 5.12. The van der Waals surface area contributed by atoms with Crippen LogP contribution in [0.3, 0.4) is 0 Å². The Hall–Kier alpha value is -1.14. The van der Waals surface area contributed by atoms with Crippen LogP contribution in [0.1, 0.15) is 11.8 Å². The maximum Gasteiger partial charge on any atom is 0.225 e. The van der Waals surface area contributed by atoms with Crippen LogP contribution < -0.4 is 4.90 Å². The molecule has 6 heteroatoms. The zero-order valence-corrected chi connectivity index (χ0v) is 11.8. The minimum Gasteiger partial charge on any atom is -0.341 e. The summed E-state index contributed by atoms with van der Waals surface area (Å²) in [5.41, 5.74) is 0. The second kappa shape index (κ2) is 5.01. The van der Waals surface area contributed by atoms with Gasteiger partial charge < -0.3 is 4.90 Å². The Balaban J connectivity index is 2.12. The third kappa shape index (κ3) is 2.58. The minimum absolute atomic E-state index is 0.387. The molecule has 92 valence electrons. The summed E-state index contributed by atoms with van der Waals surface area (Å²) in [6.07, 6.45) is 1.02. The van der Waals surface area contributed by atoms with Crippen LogP contribution in [0, 0.1) is 4.77 Å². The molecule has 2 heterocycles. The number of nitrogens with zero attached hydrogens (tertiary/aromatic N) is 3. The van der Waals surface area contributed by atoms with Gasteiger partial charge in [-0.1, -0.05) is 6.07 Å². The summed E-state index contributed by atoms with van der Waals surface area (Å²) in [6.45, 7) is 2.19. The molecule has 0 amide bonds. The van der Waals surface area contributed by atoms with Crippen molar-refractivity contribution in [2.45, 2.75) is 19.4 Å². The largest absolute Gasteiger partial charge is 0.341 e. The molecule has 0 aromatic carbocycles. The zero-order chi connectivity index (χ0) is 12.4. The maximum atomic E-state index is 5.12. The van der Waals surface area contributed by atoms with E-state index in [0.29, 0.717) is 10.8 Å². The normalized spacial score (nSPS) is 12.6. The van der Waals surface area contributed by atoms with Gasteiger partial charge in [-0.25, -0.2) is 5.10 Å². The van der Waals surface area contributed by atoms with Crippen LogP contribution in [-0.2, 0) is 13.5 Å². The van der Waals surface area contributed by atoms with Crippen molar-refractivity contribution in [3.8, 4) is 0 Å². The summed E-state index contributed by atoms with van der Waals surface area (Å²) in [5.74, 6) is 0.874. The molecule has 2 rings (SSSR count). The van der Waals surface area contributed by atoms with Gasteiger partial charge in [-0.05, 0) is 30.6 Å². The third-order valence-corrected chi connectivity index (χ3v) is 4.17. The molecule has 4 nitrogen and oxygen atoms in total. The van der Waals surface area contributed by atoms with Crippen molar-refractivity contribution < 1.29 is 0 Å². The fourth-order valence-corrected chi connectivity index (χ4v) is 2.66. The molecule has 1 N–H and O–H groups in total. The van der Waals surface area contributed by atoms with Crippen molar-refractivity contribution >= 4 is 29.5 Å². The van der Waals surface area contributed by atoms with E-state index in [9.17, 15) is 0 Å². The Morgan fingerprint density at radius 3 is 2.94 bits per heavy atom. The highest BCUT2D eigenvalue weighted by Gasteiger charge is 2.15. The number of aromatic amines is 1. The lowest BCUT2D eigenvalue weighted by Crippen LogP contribution is -2.32. The Labute approximate surface area is 110 Å². The van der Waals surface area contributed by atoms with E-state index in [0.717, 1.165) is 12.4 Å². The summed E-state index contributed by atoms with van der Waals surface area (Å²) < 4.78 is 2.54. The number of likely N-dealkylation sites (N-methyl/N-ethyl adjacent to an activating group) is 1. The topological polar surface area (TPSA) is 36.9 Å². The van der Waals surface area contributed by atoms with Crippen LogP contribution >= 0.6 is 23.6 Å². The molecule has 0 aliphatic heterocycles. The number of hydrogen-bond donors (Lipinski definition) is 1. The number of hydrogen-bond acceptors (Lipinski definition) is 4. The van der Waals surface area contributed by atoms with Crippen molar-refractivity contribution in [1.29, 1.82) is 0 Å². The Morgan fingerprint density at radius 1 is 1.65 bits per heavy atom. The van der Waals surface area contributed by atoms with Gasteiger partial charge in [-0.3, -0.25) is 4.57 Å². The van der Waals surface area contributed by atoms with Crippen molar-refractivity contribution in [2.75, 3.05) is 11.9 Å². The van der Waals surface area contributed by atoms with Crippen molar-refractivity contribution in [3.63, 3.8) is 0 Å². The number of aromatic nitrogens is 3. The SMILES string of the molecule is CC(Cc1cccs1)N(C)c1n[nH]c(=S)n1C. The molecule has 1 unspecified atom stereocenters. The van der Waals surface area contributed by atoms with Gasteiger partial charge in [0, 0.05) is 31.4 Å². The van der Waals surface area contributed by atoms with Crippen LogP contribution in [0.2, 0.25) is 0 Å². The van der Waals surface area contributed by atoms with Gasteiger partial charge in [-0.2, -0.15) is 0 Å². The molecule has 0 saturated heterocycles. The number of anilines is 1. The molecular formula is C11H16N4S2. The smallest absolute Gasteiger partial charge is 0.225 e. The highest BCUT2D eigenvalue weighted by Crippen LogP contribution is 2.17. The van der Waals surface area contributed by atoms with Gasteiger partial charge in [0.2, 0.25) is 5.95 Å². The van der Waals surface area contributed by atoms with E-state index in [1.807, 2.05) is 18.7 Å². The summed E-state index contributed by atoms with van der Waals surface area (Å²) in [6, 6.07) is 4.64. The highest BCUT2D eigenvalue weighted by molar-refractivity contribution is 7.71. The summed E-state index contributed by atoms with van der Waals surface area (Å²) in [5, 5.41) is 9.16. The van der Waals surface area contributed by atoms with Gasteiger partial charge in [0.1, 0.15) is 0 Å². The molecule has 0 aliphatic rings. The van der Waals surface area contributed by atoms with Crippen LogP contribution in [0.5, 0.6) is 0 Å². The fraction of sp³-hybridized carbons (Fsp3) is 0.455. The van der Waals surface area contributed by atoms with Gasteiger partial charge >= 0.3 is 0 Å². The molecule has 0 aliphatic carbocycles. The molecule has 0 spiro atoms. The van der Waals surface area contributed by atoms with E-state index in [4.69, 9.17) is 12.2 Å². The van der Waals surface area contributed by atoms with Gasteiger partial charge in [0.25, 0.3) is 0 Å². The molecule has 17 heavy (non-hydrogen) atoms. The lowest BCUT2D eigenvalue weighted by molar-refractivity contribution is 0.655. The fourth-order valence-electron chi connectivity index (χ4n) is 1.71.